The Morgan fingerprint density at radius 3 is 2.13 bits per heavy atom. The van der Waals surface area contributed by atoms with Crippen molar-refractivity contribution in [3.63, 3.8) is 0 Å². The molecule has 0 N–H and O–H groups in total. The van der Waals surface area contributed by atoms with E-state index in [-0.39, 0.29) is 5.78 Å². The zero-order valence-electron chi connectivity index (χ0n) is 10.1. The van der Waals surface area contributed by atoms with Crippen LogP contribution in [0, 0.1) is 20.8 Å². The van der Waals surface area contributed by atoms with Crippen LogP contribution < -0.4 is 0 Å². The van der Waals surface area contributed by atoms with Crippen molar-refractivity contribution in [2.45, 2.75) is 34.6 Å². The predicted molar refractivity (Wildman–Crippen MR) is 65.0 cm³/mol. The van der Waals surface area contributed by atoms with Crippen molar-refractivity contribution in [2.75, 3.05) is 0 Å². The number of benzene rings is 1. The third-order valence-corrected chi connectivity index (χ3v) is 2.92. The molecule has 1 rings (SSSR count). The van der Waals surface area contributed by atoms with Gasteiger partial charge in [-0.05, 0) is 68.5 Å². The Bertz CT molecular complexity index is 425. The first-order chi connectivity index (χ1) is 6.93. The third-order valence-electron chi connectivity index (χ3n) is 2.92. The Labute approximate surface area is 91.8 Å². The molecule has 0 fully saturated rings. The SMILES string of the molecule is CC(=O)/C(C)=C/c1c(C)ccc(C)c1C. The van der Waals surface area contributed by atoms with Gasteiger partial charge in [-0.15, -0.1) is 0 Å². The first kappa shape index (κ1) is 11.7. The molecular weight excluding hydrogens is 184 g/mol. The first-order valence-corrected chi connectivity index (χ1v) is 5.19. The largest absolute Gasteiger partial charge is 0.295 e. The summed E-state index contributed by atoms with van der Waals surface area (Å²) in [6, 6.07) is 4.21. The minimum atomic E-state index is 0.135. The van der Waals surface area contributed by atoms with Gasteiger partial charge in [0.15, 0.2) is 5.78 Å². The summed E-state index contributed by atoms with van der Waals surface area (Å²) in [4.78, 5) is 11.2. The van der Waals surface area contributed by atoms with Gasteiger partial charge < -0.3 is 0 Å². The molecule has 0 aromatic heterocycles. The molecule has 0 saturated carbocycles. The number of rotatable bonds is 2. The quantitative estimate of drug-likeness (QED) is 0.670. The molecule has 0 aliphatic rings. The van der Waals surface area contributed by atoms with E-state index in [1.165, 1.54) is 22.3 Å². The second-order valence-corrected chi connectivity index (χ2v) is 4.12. The lowest BCUT2D eigenvalue weighted by Gasteiger charge is -2.09. The molecule has 1 aromatic carbocycles. The minimum absolute atomic E-state index is 0.135. The lowest BCUT2D eigenvalue weighted by molar-refractivity contribution is -0.113. The Balaban J connectivity index is 3.32. The molecule has 0 amide bonds. The van der Waals surface area contributed by atoms with E-state index >= 15 is 0 Å². The molecule has 0 aliphatic carbocycles. The van der Waals surface area contributed by atoms with Gasteiger partial charge >= 0.3 is 0 Å². The molecule has 80 valence electrons. The van der Waals surface area contributed by atoms with E-state index in [0.717, 1.165) is 5.57 Å². The second kappa shape index (κ2) is 4.43. The molecule has 1 nitrogen and oxygen atoms in total. The van der Waals surface area contributed by atoms with Crippen LogP contribution in [0.5, 0.6) is 0 Å². The maximum atomic E-state index is 11.2. The van der Waals surface area contributed by atoms with Crippen molar-refractivity contribution in [3.8, 4) is 0 Å². The molecule has 1 aromatic rings. The zero-order chi connectivity index (χ0) is 11.6. The summed E-state index contributed by atoms with van der Waals surface area (Å²) >= 11 is 0. The lowest BCUT2D eigenvalue weighted by Crippen LogP contribution is -1.95. The molecule has 1 heteroatoms. The fourth-order valence-electron chi connectivity index (χ4n) is 1.51. The molecule has 0 radical (unpaired) electrons. The van der Waals surface area contributed by atoms with E-state index < -0.39 is 0 Å². The van der Waals surface area contributed by atoms with Crippen molar-refractivity contribution in [3.05, 3.63) is 40.0 Å². The Morgan fingerprint density at radius 2 is 1.60 bits per heavy atom. The number of hydrogen-bond acceptors (Lipinski definition) is 1. The summed E-state index contributed by atoms with van der Waals surface area (Å²) in [5, 5.41) is 0. The number of aryl methyl sites for hydroxylation is 2. The van der Waals surface area contributed by atoms with Crippen LogP contribution >= 0.6 is 0 Å². The van der Waals surface area contributed by atoms with E-state index in [9.17, 15) is 4.79 Å². The second-order valence-electron chi connectivity index (χ2n) is 4.12. The maximum Gasteiger partial charge on any atom is 0.155 e. The summed E-state index contributed by atoms with van der Waals surface area (Å²) in [6.07, 6.45) is 1.99. The highest BCUT2D eigenvalue weighted by molar-refractivity contribution is 5.97. The molecule has 0 heterocycles. The molecule has 0 aliphatic heterocycles. The number of carbonyl (C=O) groups excluding carboxylic acids is 1. The Morgan fingerprint density at radius 1 is 1.07 bits per heavy atom. The number of hydrogen-bond donors (Lipinski definition) is 0. The van der Waals surface area contributed by atoms with Gasteiger partial charge in [0.2, 0.25) is 0 Å². The summed E-state index contributed by atoms with van der Waals surface area (Å²) in [7, 11) is 0. The monoisotopic (exact) mass is 202 g/mol. The van der Waals surface area contributed by atoms with Gasteiger partial charge in [0.05, 0.1) is 0 Å². The fourth-order valence-corrected chi connectivity index (χ4v) is 1.51. The minimum Gasteiger partial charge on any atom is -0.295 e. The first-order valence-electron chi connectivity index (χ1n) is 5.19. The highest BCUT2D eigenvalue weighted by atomic mass is 16.1. The molecule has 0 unspecified atom stereocenters. The van der Waals surface area contributed by atoms with Crippen LogP contribution in [0.3, 0.4) is 0 Å². The number of ketones is 1. The topological polar surface area (TPSA) is 17.1 Å². The third kappa shape index (κ3) is 2.56. The van der Waals surface area contributed by atoms with E-state index in [2.05, 4.69) is 32.9 Å². The van der Waals surface area contributed by atoms with Gasteiger partial charge in [0.25, 0.3) is 0 Å². The number of carbonyl (C=O) groups is 1. The molecule has 0 atom stereocenters. The summed E-state index contributed by atoms with van der Waals surface area (Å²) in [5.41, 5.74) is 5.74. The lowest BCUT2D eigenvalue weighted by atomic mass is 9.96. The van der Waals surface area contributed by atoms with Crippen LogP contribution in [0.1, 0.15) is 36.1 Å². The van der Waals surface area contributed by atoms with Gasteiger partial charge in [-0.3, -0.25) is 4.79 Å². The summed E-state index contributed by atoms with van der Waals surface area (Å²) < 4.78 is 0. The van der Waals surface area contributed by atoms with Crippen LogP contribution in [0.25, 0.3) is 6.08 Å². The van der Waals surface area contributed by atoms with Gasteiger partial charge in [0, 0.05) is 0 Å². The van der Waals surface area contributed by atoms with Crippen LogP contribution in [-0.2, 0) is 4.79 Å². The molecule has 15 heavy (non-hydrogen) atoms. The van der Waals surface area contributed by atoms with Crippen molar-refractivity contribution in [1.82, 2.24) is 0 Å². The average molecular weight is 202 g/mol. The zero-order valence-corrected chi connectivity index (χ0v) is 10.1. The molecule has 0 saturated heterocycles. The van der Waals surface area contributed by atoms with Gasteiger partial charge in [-0.25, -0.2) is 0 Å². The van der Waals surface area contributed by atoms with Crippen molar-refractivity contribution < 1.29 is 4.79 Å². The van der Waals surface area contributed by atoms with Crippen molar-refractivity contribution >= 4 is 11.9 Å². The van der Waals surface area contributed by atoms with Crippen LogP contribution in [0.15, 0.2) is 17.7 Å². The van der Waals surface area contributed by atoms with Gasteiger partial charge in [-0.1, -0.05) is 12.1 Å². The van der Waals surface area contributed by atoms with Crippen LogP contribution in [0.4, 0.5) is 0 Å². The van der Waals surface area contributed by atoms with E-state index in [1.807, 2.05) is 13.0 Å². The Hall–Kier alpha value is -1.37. The maximum absolute atomic E-state index is 11.2. The van der Waals surface area contributed by atoms with Crippen LogP contribution in [0.2, 0.25) is 0 Å². The standard InChI is InChI=1S/C14H18O/c1-9-6-7-10(2)14(12(9)4)8-11(3)13(5)15/h6-8H,1-5H3/b11-8+. The normalized spacial score (nSPS) is 11.7. The van der Waals surface area contributed by atoms with Gasteiger partial charge in [-0.2, -0.15) is 0 Å². The summed E-state index contributed by atoms with van der Waals surface area (Å²) in [5.74, 6) is 0.135. The van der Waals surface area contributed by atoms with E-state index in [1.54, 1.807) is 6.92 Å². The van der Waals surface area contributed by atoms with Gasteiger partial charge in [0.1, 0.15) is 0 Å². The van der Waals surface area contributed by atoms with E-state index in [0.29, 0.717) is 0 Å². The predicted octanol–water partition coefficient (Wildman–Crippen LogP) is 3.60. The van der Waals surface area contributed by atoms with Crippen LogP contribution in [-0.4, -0.2) is 5.78 Å². The highest BCUT2D eigenvalue weighted by Gasteiger charge is 2.04. The van der Waals surface area contributed by atoms with Crippen molar-refractivity contribution in [1.29, 1.82) is 0 Å². The Kier molecular flexibility index (Phi) is 3.46. The number of allylic oxidation sites excluding steroid dienone is 1. The molecule has 0 spiro atoms. The highest BCUT2D eigenvalue weighted by Crippen LogP contribution is 2.20. The van der Waals surface area contributed by atoms with E-state index in [4.69, 9.17) is 0 Å². The number of Topliss-reactive ketones (excluding diaryl/α,β-unsaturated/α-hetero) is 1. The molecular formula is C14H18O. The van der Waals surface area contributed by atoms with Crippen molar-refractivity contribution in [2.24, 2.45) is 0 Å². The fraction of sp³-hybridized carbons (Fsp3) is 0.357. The smallest absolute Gasteiger partial charge is 0.155 e. The average Bonchev–Trinajstić information content (AvgIpc) is 2.18. The molecule has 0 bridgehead atoms. The summed E-state index contributed by atoms with van der Waals surface area (Å²) in [6.45, 7) is 9.73.